The van der Waals surface area contributed by atoms with E-state index in [1.54, 1.807) is 7.11 Å². The summed E-state index contributed by atoms with van der Waals surface area (Å²) in [4.78, 5) is 8.96. The van der Waals surface area contributed by atoms with Crippen molar-refractivity contribution in [3.8, 4) is 0 Å². The van der Waals surface area contributed by atoms with E-state index in [1.807, 2.05) is 0 Å². The van der Waals surface area contributed by atoms with Gasteiger partial charge in [-0.2, -0.15) is 4.98 Å². The molecule has 0 aromatic carbocycles. The number of nitrogens with zero attached hydrogens (tertiary/aromatic N) is 4. The maximum absolute atomic E-state index is 9.69. The number of rotatable bonds is 5. The fourth-order valence-corrected chi connectivity index (χ4v) is 2.49. The Labute approximate surface area is 119 Å². The van der Waals surface area contributed by atoms with Crippen molar-refractivity contribution in [2.75, 3.05) is 47.4 Å². The lowest BCUT2D eigenvalue weighted by Gasteiger charge is -2.24. The Morgan fingerprint density at radius 1 is 1.45 bits per heavy atom. The molecule has 1 aromatic rings. The second-order valence-electron chi connectivity index (χ2n) is 5.47. The van der Waals surface area contributed by atoms with Crippen LogP contribution in [0.5, 0.6) is 0 Å². The lowest BCUT2D eigenvalue weighted by Crippen LogP contribution is -2.31. The van der Waals surface area contributed by atoms with E-state index in [9.17, 15) is 5.11 Å². The highest BCUT2D eigenvalue weighted by molar-refractivity contribution is 4.97. The molecular formula is C13H24N4O3. The highest BCUT2D eigenvalue weighted by Crippen LogP contribution is 2.20. The van der Waals surface area contributed by atoms with Crippen molar-refractivity contribution in [3.05, 3.63) is 11.7 Å². The molecule has 0 radical (unpaired) electrons. The molecule has 2 heterocycles. The van der Waals surface area contributed by atoms with Crippen molar-refractivity contribution in [2.45, 2.75) is 25.0 Å². The fraction of sp³-hybridized carbons (Fsp3) is 0.846. The fourth-order valence-electron chi connectivity index (χ4n) is 2.49. The van der Waals surface area contributed by atoms with Crippen molar-refractivity contribution in [3.63, 3.8) is 0 Å². The molecular weight excluding hydrogens is 260 g/mol. The molecule has 20 heavy (non-hydrogen) atoms. The Hall–Kier alpha value is -1.02. The first kappa shape index (κ1) is 15.4. The Morgan fingerprint density at radius 3 is 3.00 bits per heavy atom. The number of hydrogen-bond donors (Lipinski definition) is 1. The molecule has 0 aliphatic carbocycles. The average Bonchev–Trinajstić information content (AvgIpc) is 2.77. The summed E-state index contributed by atoms with van der Waals surface area (Å²) in [5.74, 6) is 1.16. The highest BCUT2D eigenvalue weighted by Gasteiger charge is 2.26. The van der Waals surface area contributed by atoms with Crippen LogP contribution in [-0.4, -0.2) is 78.6 Å². The van der Waals surface area contributed by atoms with E-state index >= 15 is 0 Å². The van der Waals surface area contributed by atoms with Gasteiger partial charge >= 0.3 is 0 Å². The molecule has 0 amide bonds. The molecule has 0 spiro atoms. The standard InChI is InChI=1S/C13H24N4O3/c1-16-5-4-6-17(2)11(8-16)13-14-12(20-15-13)7-10(18)9-19-3/h10-11,18H,4-9H2,1-3H3. The SMILES string of the molecule is COCC(O)Cc1nc(C2CN(C)CCCN2C)no1. The number of methoxy groups -OCH3 is 1. The van der Waals surface area contributed by atoms with Gasteiger partial charge in [0.25, 0.3) is 0 Å². The van der Waals surface area contributed by atoms with Gasteiger partial charge in [-0.1, -0.05) is 5.16 Å². The summed E-state index contributed by atoms with van der Waals surface area (Å²) in [5, 5.41) is 13.8. The molecule has 2 rings (SSSR count). The van der Waals surface area contributed by atoms with Crippen LogP contribution < -0.4 is 0 Å². The van der Waals surface area contributed by atoms with Crippen LogP contribution in [0.4, 0.5) is 0 Å². The summed E-state index contributed by atoms with van der Waals surface area (Å²) in [7, 11) is 5.74. The maximum Gasteiger partial charge on any atom is 0.229 e. The third-order valence-corrected chi connectivity index (χ3v) is 3.62. The van der Waals surface area contributed by atoms with Gasteiger partial charge in [0.2, 0.25) is 5.89 Å². The van der Waals surface area contributed by atoms with E-state index < -0.39 is 6.10 Å². The quantitative estimate of drug-likeness (QED) is 0.811. The molecule has 7 nitrogen and oxygen atoms in total. The van der Waals surface area contributed by atoms with Gasteiger partial charge in [0, 0.05) is 13.7 Å². The molecule has 1 saturated heterocycles. The Morgan fingerprint density at radius 2 is 2.25 bits per heavy atom. The van der Waals surface area contributed by atoms with Crippen molar-refractivity contribution in [1.82, 2.24) is 19.9 Å². The zero-order valence-corrected chi connectivity index (χ0v) is 12.4. The average molecular weight is 284 g/mol. The van der Waals surface area contributed by atoms with Crippen LogP contribution in [0.15, 0.2) is 4.52 Å². The number of hydrogen-bond acceptors (Lipinski definition) is 7. The van der Waals surface area contributed by atoms with Gasteiger partial charge in [0.15, 0.2) is 5.82 Å². The first-order valence-electron chi connectivity index (χ1n) is 6.98. The van der Waals surface area contributed by atoms with Crippen LogP contribution in [0, 0.1) is 0 Å². The second kappa shape index (κ2) is 7.12. The Balaban J connectivity index is 2.02. The van der Waals surface area contributed by atoms with Crippen LogP contribution in [0.25, 0.3) is 0 Å². The lowest BCUT2D eigenvalue weighted by molar-refractivity contribution is 0.0599. The third kappa shape index (κ3) is 3.99. The van der Waals surface area contributed by atoms with E-state index in [-0.39, 0.29) is 12.6 Å². The molecule has 2 atom stereocenters. The van der Waals surface area contributed by atoms with E-state index in [2.05, 4.69) is 34.0 Å². The van der Waals surface area contributed by atoms with Crippen molar-refractivity contribution < 1.29 is 14.4 Å². The molecule has 0 saturated carbocycles. The molecule has 1 aliphatic rings. The minimum absolute atomic E-state index is 0.138. The van der Waals surface area contributed by atoms with Gasteiger partial charge in [-0.15, -0.1) is 0 Å². The number of aromatic nitrogens is 2. The molecule has 2 unspecified atom stereocenters. The summed E-state index contributed by atoms with van der Waals surface area (Å²) in [6.07, 6.45) is 0.858. The number of aliphatic hydroxyl groups excluding tert-OH is 1. The third-order valence-electron chi connectivity index (χ3n) is 3.62. The summed E-state index contributed by atoms with van der Waals surface area (Å²) in [6, 6.07) is 0.138. The first-order valence-corrected chi connectivity index (χ1v) is 6.98. The van der Waals surface area contributed by atoms with Gasteiger partial charge in [-0.3, -0.25) is 4.90 Å². The van der Waals surface area contributed by atoms with E-state index in [0.717, 1.165) is 26.1 Å². The lowest BCUT2D eigenvalue weighted by atomic mass is 10.2. The van der Waals surface area contributed by atoms with Crippen LogP contribution in [0.1, 0.15) is 24.2 Å². The number of ether oxygens (including phenoxy) is 1. The van der Waals surface area contributed by atoms with E-state index in [1.165, 1.54) is 0 Å². The molecule has 1 N–H and O–H groups in total. The van der Waals surface area contributed by atoms with Crippen LogP contribution in [0.3, 0.4) is 0 Å². The molecule has 1 fully saturated rings. The van der Waals surface area contributed by atoms with E-state index in [4.69, 9.17) is 9.26 Å². The van der Waals surface area contributed by atoms with Crippen LogP contribution >= 0.6 is 0 Å². The van der Waals surface area contributed by atoms with Gasteiger partial charge in [0.05, 0.1) is 25.2 Å². The van der Waals surface area contributed by atoms with Gasteiger partial charge in [-0.25, -0.2) is 0 Å². The van der Waals surface area contributed by atoms with Crippen molar-refractivity contribution in [1.29, 1.82) is 0 Å². The molecule has 7 heteroatoms. The molecule has 1 aliphatic heterocycles. The topological polar surface area (TPSA) is 74.9 Å². The predicted octanol–water partition coefficient (Wildman–Crippen LogP) is -0.0722. The highest BCUT2D eigenvalue weighted by atomic mass is 16.5. The normalized spacial score (nSPS) is 23.7. The number of aliphatic hydroxyl groups is 1. The monoisotopic (exact) mass is 284 g/mol. The Bertz CT molecular complexity index is 412. The summed E-state index contributed by atoms with van der Waals surface area (Å²) in [5.41, 5.74) is 0. The smallest absolute Gasteiger partial charge is 0.229 e. The van der Waals surface area contributed by atoms with E-state index in [0.29, 0.717) is 18.1 Å². The zero-order valence-electron chi connectivity index (χ0n) is 12.4. The largest absolute Gasteiger partial charge is 0.390 e. The number of likely N-dealkylation sites (N-methyl/N-ethyl adjacent to an activating group) is 2. The maximum atomic E-state index is 9.69. The summed E-state index contributed by atoms with van der Waals surface area (Å²) in [6.45, 7) is 3.25. The molecule has 114 valence electrons. The second-order valence-corrected chi connectivity index (χ2v) is 5.47. The van der Waals surface area contributed by atoms with Gasteiger partial charge in [-0.05, 0) is 33.6 Å². The first-order chi connectivity index (χ1) is 9.60. The van der Waals surface area contributed by atoms with Gasteiger partial charge in [0.1, 0.15) is 0 Å². The minimum atomic E-state index is -0.608. The van der Waals surface area contributed by atoms with Crippen molar-refractivity contribution >= 4 is 0 Å². The predicted molar refractivity (Wildman–Crippen MR) is 73.4 cm³/mol. The molecule has 0 bridgehead atoms. The van der Waals surface area contributed by atoms with Crippen LogP contribution in [0.2, 0.25) is 0 Å². The summed E-state index contributed by atoms with van der Waals surface area (Å²) < 4.78 is 10.1. The molecule has 1 aromatic heterocycles. The van der Waals surface area contributed by atoms with Crippen LogP contribution in [-0.2, 0) is 11.2 Å². The Kier molecular flexibility index (Phi) is 5.47. The zero-order chi connectivity index (χ0) is 14.5. The summed E-state index contributed by atoms with van der Waals surface area (Å²) >= 11 is 0. The van der Waals surface area contributed by atoms with Gasteiger partial charge < -0.3 is 19.3 Å². The minimum Gasteiger partial charge on any atom is -0.390 e. The van der Waals surface area contributed by atoms with Crippen molar-refractivity contribution in [2.24, 2.45) is 0 Å².